The molecule has 0 saturated carbocycles. The van der Waals surface area contributed by atoms with Crippen molar-refractivity contribution in [1.82, 2.24) is 9.80 Å². The number of amides is 1. The molecule has 0 saturated heterocycles. The highest BCUT2D eigenvalue weighted by Gasteiger charge is 2.16. The summed E-state index contributed by atoms with van der Waals surface area (Å²) in [4.78, 5) is 28.8. The van der Waals surface area contributed by atoms with Crippen LogP contribution in [-0.4, -0.2) is 73.2 Å². The minimum Gasteiger partial charge on any atom is -0.464 e. The molecule has 0 bridgehead atoms. The van der Waals surface area contributed by atoms with E-state index < -0.39 is 0 Å². The number of carbonyl (C=O) groups excluding carboxylic acids is 2. The average molecular weight is 597 g/mol. The monoisotopic (exact) mass is 597 g/mol. The van der Waals surface area contributed by atoms with Gasteiger partial charge in [0.05, 0.1) is 19.7 Å². The van der Waals surface area contributed by atoms with E-state index in [9.17, 15) is 14.7 Å². The summed E-state index contributed by atoms with van der Waals surface area (Å²) in [5, 5.41) is 9.18. The second kappa shape index (κ2) is 32.8. The number of nitrogens with zero attached hydrogens (tertiary/aromatic N) is 2. The van der Waals surface area contributed by atoms with Gasteiger partial charge >= 0.3 is 5.97 Å². The Kier molecular flexibility index (Phi) is 31.9. The van der Waals surface area contributed by atoms with Crippen molar-refractivity contribution in [3.63, 3.8) is 0 Å². The van der Waals surface area contributed by atoms with E-state index >= 15 is 0 Å². The standard InChI is InChI=1S/C36H72N2O4/c1-4-6-8-10-12-14-16-17-19-21-23-25-27-29-38(35(40)34-37(3)30-32-39)31-33-42-36(41)28-26-24-22-20-18-15-13-11-9-7-5-2/h39H,4-34H2,1-3H3. The molecule has 1 N–H and O–H groups in total. The number of aliphatic hydroxyl groups is 1. The molecule has 0 heterocycles. The first-order chi connectivity index (χ1) is 20.5. The number of aliphatic hydroxyl groups excluding tert-OH is 1. The lowest BCUT2D eigenvalue weighted by Gasteiger charge is -2.25. The molecule has 0 spiro atoms. The first kappa shape index (κ1) is 40.9. The van der Waals surface area contributed by atoms with Gasteiger partial charge in [-0.3, -0.25) is 14.5 Å². The van der Waals surface area contributed by atoms with Gasteiger partial charge in [-0.25, -0.2) is 0 Å². The van der Waals surface area contributed by atoms with Crippen LogP contribution in [0, 0.1) is 0 Å². The summed E-state index contributed by atoms with van der Waals surface area (Å²) in [6, 6.07) is 0. The van der Waals surface area contributed by atoms with Gasteiger partial charge in [-0.1, -0.05) is 155 Å². The van der Waals surface area contributed by atoms with Gasteiger partial charge in [0.2, 0.25) is 5.91 Å². The number of hydrogen-bond donors (Lipinski definition) is 1. The van der Waals surface area contributed by atoms with Crippen LogP contribution in [0.25, 0.3) is 0 Å². The van der Waals surface area contributed by atoms with Crippen molar-refractivity contribution in [2.45, 2.75) is 174 Å². The van der Waals surface area contributed by atoms with E-state index in [0.29, 0.717) is 26.1 Å². The molecule has 250 valence electrons. The molecule has 6 heteroatoms. The van der Waals surface area contributed by atoms with Gasteiger partial charge in [-0.15, -0.1) is 0 Å². The topological polar surface area (TPSA) is 70.1 Å². The summed E-state index contributed by atoms with van der Waals surface area (Å²) < 4.78 is 5.50. The molecule has 0 fully saturated rings. The van der Waals surface area contributed by atoms with Gasteiger partial charge in [0, 0.05) is 19.5 Å². The highest BCUT2D eigenvalue weighted by atomic mass is 16.5. The van der Waals surface area contributed by atoms with Crippen LogP contribution in [0.2, 0.25) is 0 Å². The molecule has 0 aliphatic rings. The normalized spacial score (nSPS) is 11.4. The second-order valence-corrected chi connectivity index (χ2v) is 12.6. The molecular formula is C36H72N2O4. The summed E-state index contributed by atoms with van der Waals surface area (Å²) >= 11 is 0. The first-order valence-corrected chi connectivity index (χ1v) is 18.3. The lowest BCUT2D eigenvalue weighted by Crippen LogP contribution is -2.42. The number of rotatable bonds is 33. The minimum absolute atomic E-state index is 0.0410. The number of hydrogen-bond acceptors (Lipinski definition) is 5. The fourth-order valence-electron chi connectivity index (χ4n) is 5.54. The van der Waals surface area contributed by atoms with Crippen molar-refractivity contribution in [1.29, 1.82) is 0 Å². The Bertz CT molecular complexity index is 587. The summed E-state index contributed by atoms with van der Waals surface area (Å²) in [6.45, 7) is 6.76. The van der Waals surface area contributed by atoms with E-state index in [-0.39, 0.29) is 31.6 Å². The fourth-order valence-corrected chi connectivity index (χ4v) is 5.54. The Balaban J connectivity index is 4.03. The van der Waals surface area contributed by atoms with Gasteiger partial charge < -0.3 is 14.7 Å². The molecular weight excluding hydrogens is 524 g/mol. The number of ether oxygens (including phenoxy) is 1. The van der Waals surface area contributed by atoms with Crippen LogP contribution in [0.1, 0.15) is 174 Å². The predicted octanol–water partition coefficient (Wildman–Crippen LogP) is 9.07. The number of carbonyl (C=O) groups is 2. The van der Waals surface area contributed by atoms with Crippen LogP contribution in [0.3, 0.4) is 0 Å². The molecule has 0 aromatic heterocycles. The summed E-state index contributed by atoms with van der Waals surface area (Å²) in [6.07, 6.45) is 31.3. The van der Waals surface area contributed by atoms with Crippen LogP contribution in [0.15, 0.2) is 0 Å². The Labute approximate surface area is 261 Å². The second-order valence-electron chi connectivity index (χ2n) is 12.6. The summed E-state index contributed by atoms with van der Waals surface area (Å²) in [5.74, 6) is -0.0945. The quantitative estimate of drug-likeness (QED) is 0.0604. The lowest BCUT2D eigenvalue weighted by atomic mass is 10.0. The van der Waals surface area contributed by atoms with Crippen molar-refractivity contribution < 1.29 is 19.4 Å². The third-order valence-corrected chi connectivity index (χ3v) is 8.38. The third-order valence-electron chi connectivity index (χ3n) is 8.38. The third kappa shape index (κ3) is 29.0. The lowest BCUT2D eigenvalue weighted by molar-refractivity contribution is -0.146. The first-order valence-electron chi connectivity index (χ1n) is 18.3. The van der Waals surface area contributed by atoms with E-state index in [1.54, 1.807) is 0 Å². The molecule has 0 radical (unpaired) electrons. The van der Waals surface area contributed by atoms with Crippen LogP contribution in [0.5, 0.6) is 0 Å². The largest absolute Gasteiger partial charge is 0.464 e. The number of likely N-dealkylation sites (N-methyl/N-ethyl adjacent to an activating group) is 1. The molecule has 6 nitrogen and oxygen atoms in total. The highest BCUT2D eigenvalue weighted by Crippen LogP contribution is 2.14. The average Bonchev–Trinajstić information content (AvgIpc) is 2.97. The Morgan fingerprint density at radius 1 is 0.548 bits per heavy atom. The molecule has 42 heavy (non-hydrogen) atoms. The molecule has 0 aliphatic carbocycles. The van der Waals surface area contributed by atoms with Gasteiger partial charge in [0.15, 0.2) is 0 Å². The van der Waals surface area contributed by atoms with Crippen molar-refractivity contribution in [2.24, 2.45) is 0 Å². The van der Waals surface area contributed by atoms with Gasteiger partial charge in [-0.05, 0) is 19.9 Å². The SMILES string of the molecule is CCCCCCCCCCCCCCCN(CCOC(=O)CCCCCCCCCCCCC)C(=O)CN(C)CCO. The summed E-state index contributed by atoms with van der Waals surface area (Å²) in [7, 11) is 1.85. The smallest absolute Gasteiger partial charge is 0.305 e. The Morgan fingerprint density at radius 2 is 0.952 bits per heavy atom. The minimum atomic E-state index is -0.142. The van der Waals surface area contributed by atoms with E-state index in [4.69, 9.17) is 4.74 Å². The van der Waals surface area contributed by atoms with E-state index in [2.05, 4.69) is 13.8 Å². The van der Waals surface area contributed by atoms with Crippen LogP contribution < -0.4 is 0 Å². The molecule has 0 rings (SSSR count). The van der Waals surface area contributed by atoms with Crippen molar-refractivity contribution in [3.8, 4) is 0 Å². The predicted molar refractivity (Wildman–Crippen MR) is 179 cm³/mol. The molecule has 0 atom stereocenters. The van der Waals surface area contributed by atoms with Crippen molar-refractivity contribution >= 4 is 11.9 Å². The van der Waals surface area contributed by atoms with Crippen LogP contribution in [0.4, 0.5) is 0 Å². The van der Waals surface area contributed by atoms with Gasteiger partial charge in [-0.2, -0.15) is 0 Å². The van der Waals surface area contributed by atoms with E-state index in [0.717, 1.165) is 25.7 Å². The van der Waals surface area contributed by atoms with Gasteiger partial charge in [0.1, 0.15) is 6.61 Å². The maximum absolute atomic E-state index is 12.9. The zero-order valence-corrected chi connectivity index (χ0v) is 28.5. The molecule has 0 unspecified atom stereocenters. The van der Waals surface area contributed by atoms with Crippen molar-refractivity contribution in [3.05, 3.63) is 0 Å². The summed E-state index contributed by atoms with van der Waals surface area (Å²) in [5.41, 5.74) is 0. The van der Waals surface area contributed by atoms with E-state index in [1.165, 1.54) is 128 Å². The zero-order chi connectivity index (χ0) is 30.9. The molecule has 0 aromatic rings. The molecule has 0 aromatic carbocycles. The maximum atomic E-state index is 12.9. The van der Waals surface area contributed by atoms with Crippen LogP contribution in [-0.2, 0) is 14.3 Å². The highest BCUT2D eigenvalue weighted by molar-refractivity contribution is 5.78. The number of esters is 1. The van der Waals surface area contributed by atoms with Gasteiger partial charge in [0.25, 0.3) is 0 Å². The number of unbranched alkanes of at least 4 members (excludes halogenated alkanes) is 22. The van der Waals surface area contributed by atoms with Crippen LogP contribution >= 0.6 is 0 Å². The molecule has 1 amide bonds. The van der Waals surface area contributed by atoms with Crippen molar-refractivity contribution in [2.75, 3.05) is 46.4 Å². The fraction of sp³-hybridized carbons (Fsp3) is 0.944. The maximum Gasteiger partial charge on any atom is 0.305 e. The zero-order valence-electron chi connectivity index (χ0n) is 28.5. The Morgan fingerprint density at radius 3 is 1.38 bits per heavy atom. The molecule has 0 aliphatic heterocycles. The van der Waals surface area contributed by atoms with E-state index in [1.807, 2.05) is 16.8 Å². The Hall–Kier alpha value is -1.14.